The molecule has 33 heavy (non-hydrogen) atoms. The molecule has 7 heteroatoms. The van der Waals surface area contributed by atoms with Gasteiger partial charge in [-0.2, -0.15) is 11.8 Å². The van der Waals surface area contributed by atoms with Crippen LogP contribution in [0.15, 0.2) is 66.7 Å². The molecule has 2 N–H and O–H groups in total. The van der Waals surface area contributed by atoms with Crippen LogP contribution in [-0.4, -0.2) is 35.6 Å². The monoisotopic (exact) mass is 465 g/mol. The topological polar surface area (TPSA) is 75.6 Å². The minimum Gasteiger partial charge on any atom is -0.480 e. The fraction of sp³-hybridized carbons (Fsp3) is 0.231. The number of ether oxygens (including phenoxy) is 1. The van der Waals surface area contributed by atoms with E-state index in [4.69, 9.17) is 4.74 Å². The molecule has 170 valence electrons. The average Bonchev–Trinajstić information content (AvgIpc) is 3.13. The lowest BCUT2D eigenvalue weighted by Gasteiger charge is -2.17. The van der Waals surface area contributed by atoms with Crippen molar-refractivity contribution in [2.75, 3.05) is 12.4 Å². The molecule has 0 aliphatic heterocycles. The van der Waals surface area contributed by atoms with Crippen molar-refractivity contribution in [1.29, 1.82) is 0 Å². The number of rotatable bonds is 8. The summed E-state index contributed by atoms with van der Waals surface area (Å²) >= 11 is 1.31. The molecule has 0 radical (unpaired) electrons. The molecule has 0 saturated carbocycles. The summed E-state index contributed by atoms with van der Waals surface area (Å²) in [7, 11) is 0. The molecule has 0 saturated heterocycles. The number of nitrogens with one attached hydrogen (secondary N) is 1. The van der Waals surface area contributed by atoms with Gasteiger partial charge in [0, 0.05) is 17.4 Å². The van der Waals surface area contributed by atoms with E-state index in [0.717, 1.165) is 33.4 Å². The van der Waals surface area contributed by atoms with Gasteiger partial charge in [0.2, 0.25) is 0 Å². The van der Waals surface area contributed by atoms with E-state index in [1.165, 1.54) is 23.9 Å². The molecule has 3 aromatic carbocycles. The van der Waals surface area contributed by atoms with Gasteiger partial charge in [0.05, 0.1) is 0 Å². The van der Waals surface area contributed by atoms with Crippen molar-refractivity contribution in [1.82, 2.24) is 5.32 Å². The Bertz CT molecular complexity index is 1140. The Morgan fingerprint density at radius 2 is 1.70 bits per heavy atom. The summed E-state index contributed by atoms with van der Waals surface area (Å²) in [6.45, 7) is 1.99. The molecular formula is C26H24FNO4S. The van der Waals surface area contributed by atoms with E-state index in [9.17, 15) is 19.1 Å². The smallest absolute Gasteiger partial charge is 0.407 e. The molecular weight excluding hydrogens is 441 g/mol. The number of halogens is 1. The van der Waals surface area contributed by atoms with E-state index in [0.29, 0.717) is 5.75 Å². The highest BCUT2D eigenvalue weighted by atomic mass is 32.2. The summed E-state index contributed by atoms with van der Waals surface area (Å²) in [5.74, 6) is -0.999. The second-order valence-electron chi connectivity index (χ2n) is 7.95. The standard InChI is InChI=1S/C26H24FNO4S/c1-16-10-11-18(27)12-17(16)14-33-15-24(25(29)30)28-26(31)32-13-23-21-8-4-2-6-19(21)20-7-3-5-9-22(20)23/h2-12,23-24H,13-15H2,1H3,(H,28,31)(H,29,30). The molecule has 1 atom stereocenters. The van der Waals surface area contributed by atoms with E-state index >= 15 is 0 Å². The number of carbonyl (C=O) groups excluding carboxylic acids is 1. The van der Waals surface area contributed by atoms with Gasteiger partial charge in [0.15, 0.2) is 0 Å². The molecule has 1 aliphatic carbocycles. The van der Waals surface area contributed by atoms with Gasteiger partial charge in [0.1, 0.15) is 18.5 Å². The van der Waals surface area contributed by atoms with Crippen LogP contribution < -0.4 is 5.32 Å². The molecule has 5 nitrogen and oxygen atoms in total. The van der Waals surface area contributed by atoms with Crippen LogP contribution in [-0.2, 0) is 15.3 Å². The second kappa shape index (κ2) is 10.1. The number of hydrogen-bond donors (Lipinski definition) is 2. The van der Waals surface area contributed by atoms with Crippen molar-refractivity contribution in [3.8, 4) is 11.1 Å². The summed E-state index contributed by atoms with van der Waals surface area (Å²) in [6, 6.07) is 19.4. The zero-order valence-corrected chi connectivity index (χ0v) is 18.9. The number of hydrogen-bond acceptors (Lipinski definition) is 4. The van der Waals surface area contributed by atoms with Crippen LogP contribution in [0.2, 0.25) is 0 Å². The maximum Gasteiger partial charge on any atom is 0.407 e. The van der Waals surface area contributed by atoms with Crippen LogP contribution in [0.25, 0.3) is 11.1 Å². The van der Waals surface area contributed by atoms with Gasteiger partial charge in [-0.15, -0.1) is 0 Å². The Morgan fingerprint density at radius 1 is 1.06 bits per heavy atom. The first kappa shape index (κ1) is 22.9. The molecule has 4 rings (SSSR count). The molecule has 0 bridgehead atoms. The van der Waals surface area contributed by atoms with Crippen LogP contribution in [0.1, 0.15) is 28.2 Å². The van der Waals surface area contributed by atoms with Crippen molar-refractivity contribution < 1.29 is 23.8 Å². The number of carboxylic acid groups (broad SMARTS) is 1. The van der Waals surface area contributed by atoms with Crippen molar-refractivity contribution in [3.63, 3.8) is 0 Å². The first-order valence-electron chi connectivity index (χ1n) is 10.6. The van der Waals surface area contributed by atoms with Gasteiger partial charge in [-0.25, -0.2) is 14.0 Å². The number of aryl methyl sites for hydroxylation is 1. The summed E-state index contributed by atoms with van der Waals surface area (Å²) in [4.78, 5) is 24.1. The number of amides is 1. The number of benzene rings is 3. The van der Waals surface area contributed by atoms with Gasteiger partial charge in [-0.1, -0.05) is 54.6 Å². The minimum absolute atomic E-state index is 0.100. The second-order valence-corrected chi connectivity index (χ2v) is 8.98. The molecule has 3 aromatic rings. The minimum atomic E-state index is -1.15. The highest BCUT2D eigenvalue weighted by Crippen LogP contribution is 2.44. The van der Waals surface area contributed by atoms with Crippen LogP contribution in [0.5, 0.6) is 0 Å². The average molecular weight is 466 g/mol. The quantitative estimate of drug-likeness (QED) is 0.469. The number of alkyl carbamates (subject to hydrolysis) is 1. The highest BCUT2D eigenvalue weighted by molar-refractivity contribution is 7.98. The summed E-state index contributed by atoms with van der Waals surface area (Å²) < 4.78 is 18.9. The van der Waals surface area contributed by atoms with Crippen LogP contribution in [0.4, 0.5) is 9.18 Å². The number of carboxylic acids is 1. The van der Waals surface area contributed by atoms with Crippen molar-refractivity contribution in [2.45, 2.75) is 24.6 Å². The zero-order valence-electron chi connectivity index (χ0n) is 18.1. The van der Waals surface area contributed by atoms with Crippen molar-refractivity contribution in [2.24, 2.45) is 0 Å². The molecule has 0 heterocycles. The Balaban J connectivity index is 1.34. The first-order chi connectivity index (χ1) is 15.9. The number of aliphatic carboxylic acids is 1. The zero-order chi connectivity index (χ0) is 23.4. The van der Waals surface area contributed by atoms with Gasteiger partial charge >= 0.3 is 12.1 Å². The summed E-state index contributed by atoms with van der Waals surface area (Å²) in [5, 5.41) is 12.0. The predicted octanol–water partition coefficient (Wildman–Crippen LogP) is 5.36. The third-order valence-corrected chi connectivity index (χ3v) is 6.87. The first-order valence-corrected chi connectivity index (χ1v) is 11.8. The Labute approximate surface area is 196 Å². The molecule has 1 amide bonds. The van der Waals surface area contributed by atoms with Gasteiger partial charge in [-0.3, -0.25) is 0 Å². The lowest BCUT2D eigenvalue weighted by Crippen LogP contribution is -2.43. The predicted molar refractivity (Wildman–Crippen MR) is 127 cm³/mol. The normalized spacial score (nSPS) is 13.2. The Morgan fingerprint density at radius 3 is 2.33 bits per heavy atom. The molecule has 0 aromatic heterocycles. The molecule has 0 fully saturated rings. The maximum atomic E-state index is 13.5. The molecule has 1 unspecified atom stereocenters. The van der Waals surface area contributed by atoms with Crippen LogP contribution >= 0.6 is 11.8 Å². The number of fused-ring (bicyclic) bond motifs is 3. The van der Waals surface area contributed by atoms with Gasteiger partial charge in [-0.05, 0) is 52.4 Å². The number of thioether (sulfide) groups is 1. The Kier molecular flexibility index (Phi) is 6.99. The largest absolute Gasteiger partial charge is 0.480 e. The van der Waals surface area contributed by atoms with E-state index in [1.807, 2.05) is 55.5 Å². The maximum absolute atomic E-state index is 13.5. The van der Waals surface area contributed by atoms with E-state index in [1.54, 1.807) is 6.07 Å². The SMILES string of the molecule is Cc1ccc(F)cc1CSCC(NC(=O)OCC1c2ccccc2-c2ccccc21)C(=O)O. The third-order valence-electron chi connectivity index (χ3n) is 5.79. The van der Waals surface area contributed by atoms with Crippen LogP contribution in [0, 0.1) is 12.7 Å². The molecule has 0 spiro atoms. The van der Waals surface area contributed by atoms with E-state index in [-0.39, 0.29) is 24.1 Å². The third kappa shape index (κ3) is 5.20. The Hall–Kier alpha value is -3.32. The van der Waals surface area contributed by atoms with Crippen molar-refractivity contribution >= 4 is 23.8 Å². The lowest BCUT2D eigenvalue weighted by atomic mass is 9.98. The fourth-order valence-electron chi connectivity index (χ4n) is 4.04. The van der Waals surface area contributed by atoms with Crippen LogP contribution in [0.3, 0.4) is 0 Å². The fourth-order valence-corrected chi connectivity index (χ4v) is 5.15. The summed E-state index contributed by atoms with van der Waals surface area (Å²) in [6.07, 6.45) is -0.771. The number of carbonyl (C=O) groups is 2. The van der Waals surface area contributed by atoms with E-state index < -0.39 is 18.1 Å². The summed E-state index contributed by atoms with van der Waals surface area (Å²) in [5.41, 5.74) is 6.14. The highest BCUT2D eigenvalue weighted by Gasteiger charge is 2.29. The molecule has 1 aliphatic rings. The van der Waals surface area contributed by atoms with Gasteiger partial charge in [0.25, 0.3) is 0 Å². The van der Waals surface area contributed by atoms with Gasteiger partial charge < -0.3 is 15.2 Å². The lowest BCUT2D eigenvalue weighted by molar-refractivity contribution is -0.138. The van der Waals surface area contributed by atoms with E-state index in [2.05, 4.69) is 5.32 Å². The van der Waals surface area contributed by atoms with Crippen molar-refractivity contribution in [3.05, 3.63) is 94.8 Å².